The molecule has 1 aliphatic heterocycles. The van der Waals surface area contributed by atoms with E-state index in [-0.39, 0.29) is 16.7 Å². The lowest BCUT2D eigenvalue weighted by Crippen LogP contribution is -2.46. The number of nitro benzene ring substituents is 1. The van der Waals surface area contributed by atoms with E-state index in [4.69, 9.17) is 11.6 Å². The van der Waals surface area contributed by atoms with E-state index in [1.165, 1.54) is 12.8 Å². The molecule has 1 heterocycles. The van der Waals surface area contributed by atoms with Gasteiger partial charge in [0.15, 0.2) is 0 Å². The van der Waals surface area contributed by atoms with Crippen molar-refractivity contribution in [3.8, 4) is 0 Å². The predicted octanol–water partition coefficient (Wildman–Crippen LogP) is 3.38. The van der Waals surface area contributed by atoms with Crippen LogP contribution in [-0.4, -0.2) is 36.0 Å². The molecule has 1 aliphatic carbocycles. The van der Waals surface area contributed by atoms with E-state index in [1.54, 1.807) is 12.1 Å². The molecule has 1 atom stereocenters. The summed E-state index contributed by atoms with van der Waals surface area (Å²) in [6.45, 7) is 3.75. The van der Waals surface area contributed by atoms with Gasteiger partial charge >= 0.3 is 0 Å². The van der Waals surface area contributed by atoms with Crippen LogP contribution < -0.4 is 5.32 Å². The number of piperazine rings is 1. The fraction of sp³-hybridized carbons (Fsp3) is 0.625. The Bertz CT molecular complexity index is 540. The highest BCUT2D eigenvalue weighted by Gasteiger charge is 2.35. The monoisotopic (exact) mass is 323 g/mol. The summed E-state index contributed by atoms with van der Waals surface area (Å²) < 4.78 is 0. The van der Waals surface area contributed by atoms with Crippen molar-refractivity contribution in [1.82, 2.24) is 10.2 Å². The summed E-state index contributed by atoms with van der Waals surface area (Å²) in [6, 6.07) is 5.10. The molecule has 0 spiro atoms. The maximum atomic E-state index is 11.5. The molecular weight excluding hydrogens is 302 g/mol. The van der Waals surface area contributed by atoms with Gasteiger partial charge < -0.3 is 5.32 Å². The Morgan fingerprint density at radius 1 is 1.27 bits per heavy atom. The van der Waals surface area contributed by atoms with Gasteiger partial charge in [0.1, 0.15) is 0 Å². The van der Waals surface area contributed by atoms with Crippen LogP contribution in [0.4, 0.5) is 5.69 Å². The first-order valence-corrected chi connectivity index (χ1v) is 8.43. The largest absolute Gasteiger partial charge is 0.314 e. The van der Waals surface area contributed by atoms with E-state index >= 15 is 0 Å². The summed E-state index contributed by atoms with van der Waals surface area (Å²) in [6.07, 6.45) is 4.75. The molecule has 0 bridgehead atoms. The first kappa shape index (κ1) is 15.7. The average molecular weight is 324 g/mol. The standard InChI is InChI=1S/C16H22ClN3O2/c17-13-5-6-15(20(21)22)14(11-13)16(12-3-1-2-4-12)19-9-7-18-8-10-19/h5-6,11-12,16,18H,1-4,7-10H2/t16-/m0/s1. The summed E-state index contributed by atoms with van der Waals surface area (Å²) in [5.74, 6) is 0.496. The van der Waals surface area contributed by atoms with Crippen LogP contribution in [-0.2, 0) is 0 Å². The maximum absolute atomic E-state index is 11.5. The lowest BCUT2D eigenvalue weighted by Gasteiger charge is -2.38. The van der Waals surface area contributed by atoms with Gasteiger partial charge in [-0.25, -0.2) is 0 Å². The van der Waals surface area contributed by atoms with Crippen molar-refractivity contribution < 1.29 is 4.92 Å². The van der Waals surface area contributed by atoms with Gasteiger partial charge in [0, 0.05) is 48.9 Å². The fourth-order valence-corrected chi connectivity index (χ4v) is 4.09. The maximum Gasteiger partial charge on any atom is 0.274 e. The Morgan fingerprint density at radius 3 is 2.59 bits per heavy atom. The van der Waals surface area contributed by atoms with E-state index in [1.807, 2.05) is 6.07 Å². The van der Waals surface area contributed by atoms with E-state index in [0.717, 1.165) is 44.6 Å². The van der Waals surface area contributed by atoms with Gasteiger partial charge in [-0.15, -0.1) is 0 Å². The summed E-state index contributed by atoms with van der Waals surface area (Å²) in [7, 11) is 0. The third kappa shape index (κ3) is 3.26. The number of nitrogens with one attached hydrogen (secondary N) is 1. The molecule has 5 nitrogen and oxygen atoms in total. The topological polar surface area (TPSA) is 58.4 Å². The van der Waals surface area contributed by atoms with Crippen molar-refractivity contribution in [2.45, 2.75) is 31.7 Å². The molecule has 1 saturated carbocycles. The lowest BCUT2D eigenvalue weighted by atomic mass is 9.88. The Kier molecular flexibility index (Phi) is 4.96. The van der Waals surface area contributed by atoms with Crippen molar-refractivity contribution in [2.75, 3.05) is 26.2 Å². The van der Waals surface area contributed by atoms with Gasteiger partial charge in [-0.2, -0.15) is 0 Å². The molecule has 0 unspecified atom stereocenters. The SMILES string of the molecule is O=[N+]([O-])c1ccc(Cl)cc1[C@H](C1CCCC1)N1CCNCC1. The van der Waals surface area contributed by atoms with E-state index in [2.05, 4.69) is 10.2 Å². The molecule has 3 rings (SSSR count). The molecule has 2 aliphatic rings. The van der Waals surface area contributed by atoms with E-state index < -0.39 is 0 Å². The summed E-state index contributed by atoms with van der Waals surface area (Å²) in [5, 5.41) is 15.4. The van der Waals surface area contributed by atoms with Gasteiger partial charge in [-0.3, -0.25) is 15.0 Å². The molecular formula is C16H22ClN3O2. The number of hydrogen-bond donors (Lipinski definition) is 1. The van der Waals surface area contributed by atoms with Crippen molar-refractivity contribution in [2.24, 2.45) is 5.92 Å². The van der Waals surface area contributed by atoms with Gasteiger partial charge in [-0.1, -0.05) is 24.4 Å². The molecule has 1 saturated heterocycles. The molecule has 0 aromatic heterocycles. The van der Waals surface area contributed by atoms with Crippen molar-refractivity contribution in [1.29, 1.82) is 0 Å². The van der Waals surface area contributed by atoms with Gasteiger partial charge in [-0.05, 0) is 30.9 Å². The average Bonchev–Trinajstić information content (AvgIpc) is 3.02. The van der Waals surface area contributed by atoms with Crippen LogP contribution >= 0.6 is 11.6 Å². The highest BCUT2D eigenvalue weighted by Crippen LogP contribution is 2.43. The lowest BCUT2D eigenvalue weighted by molar-refractivity contribution is -0.386. The van der Waals surface area contributed by atoms with Crippen LogP contribution in [0.2, 0.25) is 5.02 Å². The zero-order valence-corrected chi connectivity index (χ0v) is 13.4. The van der Waals surface area contributed by atoms with Crippen LogP contribution in [0.25, 0.3) is 0 Å². The molecule has 0 amide bonds. The molecule has 22 heavy (non-hydrogen) atoms. The quantitative estimate of drug-likeness (QED) is 0.681. The van der Waals surface area contributed by atoms with Gasteiger partial charge in [0.05, 0.1) is 4.92 Å². The Balaban J connectivity index is 2.00. The Hall–Kier alpha value is -1.17. The molecule has 120 valence electrons. The van der Waals surface area contributed by atoms with E-state index in [9.17, 15) is 10.1 Å². The number of benzene rings is 1. The first-order chi connectivity index (χ1) is 10.7. The van der Waals surface area contributed by atoms with Crippen molar-refractivity contribution in [3.05, 3.63) is 38.9 Å². The minimum Gasteiger partial charge on any atom is -0.314 e. The van der Waals surface area contributed by atoms with Crippen molar-refractivity contribution in [3.63, 3.8) is 0 Å². The second-order valence-electron chi connectivity index (χ2n) is 6.24. The Labute approximate surface area is 135 Å². The minimum absolute atomic E-state index is 0.115. The van der Waals surface area contributed by atoms with Crippen LogP contribution in [0.15, 0.2) is 18.2 Å². The van der Waals surface area contributed by atoms with Crippen LogP contribution in [0.1, 0.15) is 37.3 Å². The first-order valence-electron chi connectivity index (χ1n) is 8.05. The fourth-order valence-electron chi connectivity index (χ4n) is 3.91. The van der Waals surface area contributed by atoms with Crippen molar-refractivity contribution >= 4 is 17.3 Å². The van der Waals surface area contributed by atoms with Gasteiger partial charge in [0.2, 0.25) is 0 Å². The molecule has 2 fully saturated rings. The van der Waals surface area contributed by atoms with Crippen LogP contribution in [0.3, 0.4) is 0 Å². The van der Waals surface area contributed by atoms with Gasteiger partial charge in [0.25, 0.3) is 5.69 Å². The third-order valence-electron chi connectivity index (χ3n) is 4.90. The minimum atomic E-state index is -0.268. The third-order valence-corrected chi connectivity index (χ3v) is 5.13. The highest BCUT2D eigenvalue weighted by molar-refractivity contribution is 6.30. The molecule has 1 N–H and O–H groups in total. The zero-order valence-electron chi connectivity index (χ0n) is 12.6. The Morgan fingerprint density at radius 2 is 1.95 bits per heavy atom. The number of halogens is 1. The van der Waals surface area contributed by atoms with E-state index in [0.29, 0.717) is 10.9 Å². The summed E-state index contributed by atoms with van der Waals surface area (Å²) in [4.78, 5) is 13.6. The number of rotatable bonds is 4. The number of hydrogen-bond acceptors (Lipinski definition) is 4. The predicted molar refractivity (Wildman–Crippen MR) is 87.2 cm³/mol. The number of nitro groups is 1. The van der Waals surface area contributed by atoms with Crippen LogP contribution in [0.5, 0.6) is 0 Å². The smallest absolute Gasteiger partial charge is 0.274 e. The second kappa shape index (κ2) is 6.94. The summed E-state index contributed by atoms with van der Waals surface area (Å²) >= 11 is 6.16. The number of nitrogens with zero attached hydrogens (tertiary/aromatic N) is 2. The highest BCUT2D eigenvalue weighted by atomic mass is 35.5. The zero-order chi connectivity index (χ0) is 15.5. The van der Waals surface area contributed by atoms with Crippen LogP contribution in [0, 0.1) is 16.0 Å². The second-order valence-corrected chi connectivity index (χ2v) is 6.67. The molecule has 1 aromatic rings. The normalized spacial score (nSPS) is 21.9. The molecule has 0 radical (unpaired) electrons. The molecule has 1 aromatic carbocycles. The summed E-state index contributed by atoms with van der Waals surface area (Å²) in [5.41, 5.74) is 1.01. The molecule has 6 heteroatoms.